The second kappa shape index (κ2) is 8.00. The minimum atomic E-state index is -0.457. The second-order valence-electron chi connectivity index (χ2n) is 13.5. The van der Waals surface area contributed by atoms with Crippen molar-refractivity contribution in [2.75, 3.05) is 0 Å². The molecule has 0 amide bonds. The van der Waals surface area contributed by atoms with Crippen molar-refractivity contribution in [1.82, 2.24) is 9.78 Å². The van der Waals surface area contributed by atoms with Gasteiger partial charge in [0.25, 0.3) is 0 Å². The molecule has 2 aromatic carbocycles. The predicted molar refractivity (Wildman–Crippen MR) is 160 cm³/mol. The van der Waals surface area contributed by atoms with Crippen LogP contribution in [0.2, 0.25) is 0 Å². The van der Waals surface area contributed by atoms with Gasteiger partial charge >= 0.3 is 0 Å². The first-order valence-corrected chi connectivity index (χ1v) is 14.7. The summed E-state index contributed by atoms with van der Waals surface area (Å²) < 4.78 is 22.8. The van der Waals surface area contributed by atoms with Crippen LogP contribution in [0.25, 0.3) is 39.1 Å². The molecule has 5 heterocycles. The largest absolute Gasteiger partial charge is 0.231 e. The molecule has 3 aliphatic rings. The van der Waals surface area contributed by atoms with Gasteiger partial charge in [-0.25, -0.2) is 9.07 Å². The number of rotatable bonds is 0. The summed E-state index contributed by atoms with van der Waals surface area (Å²) in [4.78, 5) is 0. The molecule has 5 aromatic rings. The molecule has 3 aromatic heterocycles. The molecule has 8 rings (SSSR count). The van der Waals surface area contributed by atoms with Gasteiger partial charge in [0.15, 0.2) is 12.4 Å². The summed E-state index contributed by atoms with van der Waals surface area (Å²) in [6.45, 7) is 16.6. The Balaban J connectivity index is 1.48. The Morgan fingerprint density at radius 2 is 1.85 bits per heavy atom. The standard InChI is InChI=1S/C36H35FN4/c1-21-33-24(16-18-39-17-8-7-12-27(39)28-20-29(35(2,3)4)38-41(21)28)23-13-14-26(37)32-31(23)34-30-22(15-19-40(33)34)10-9-11-25(30)36(32,5)6/h7-15,17,19-20,24,33H,1,16,18H2,2-6H3/q+2. The fraction of sp³-hybridized carbons (Fsp3) is 0.306. The minimum Gasteiger partial charge on any atom is -0.225 e. The minimum absolute atomic E-state index is 0.0733. The first-order chi connectivity index (χ1) is 19.6. The first kappa shape index (κ1) is 24.7. The van der Waals surface area contributed by atoms with Crippen molar-refractivity contribution in [2.24, 2.45) is 0 Å². The number of fused-ring (bicyclic) bond motifs is 6. The molecule has 0 fully saturated rings. The summed E-state index contributed by atoms with van der Waals surface area (Å²) in [5, 5.41) is 7.63. The highest BCUT2D eigenvalue weighted by Gasteiger charge is 2.51. The molecule has 0 saturated carbocycles. The summed E-state index contributed by atoms with van der Waals surface area (Å²) in [6, 6.07) is 21.0. The smallest absolute Gasteiger partial charge is 0.225 e. The van der Waals surface area contributed by atoms with E-state index >= 15 is 4.39 Å². The number of allylic oxidation sites excluding steroid dienone is 1. The Morgan fingerprint density at radius 1 is 1.02 bits per heavy atom. The van der Waals surface area contributed by atoms with Gasteiger partial charge in [-0.1, -0.05) is 65.5 Å². The van der Waals surface area contributed by atoms with Crippen LogP contribution < -0.4 is 9.13 Å². The maximum atomic E-state index is 16.0. The van der Waals surface area contributed by atoms with E-state index in [-0.39, 0.29) is 23.2 Å². The van der Waals surface area contributed by atoms with Crippen molar-refractivity contribution >= 4 is 16.5 Å². The molecule has 1 aliphatic carbocycles. The van der Waals surface area contributed by atoms with Crippen LogP contribution in [0.3, 0.4) is 0 Å². The van der Waals surface area contributed by atoms with Gasteiger partial charge in [-0.2, -0.15) is 14.2 Å². The molecule has 2 atom stereocenters. The number of aromatic nitrogens is 4. The quantitative estimate of drug-likeness (QED) is 0.190. The second-order valence-corrected chi connectivity index (χ2v) is 13.5. The van der Waals surface area contributed by atoms with Crippen LogP contribution in [0.15, 0.2) is 79.6 Å². The lowest BCUT2D eigenvalue weighted by atomic mass is 9.65. The maximum absolute atomic E-state index is 16.0. The van der Waals surface area contributed by atoms with Gasteiger partial charge in [0.05, 0.1) is 22.6 Å². The number of halogens is 1. The lowest BCUT2D eigenvalue weighted by Crippen LogP contribution is -2.51. The molecule has 0 radical (unpaired) electrons. The van der Waals surface area contributed by atoms with Crippen LogP contribution in [-0.2, 0) is 17.4 Å². The lowest BCUT2D eigenvalue weighted by molar-refractivity contribution is -0.709. The van der Waals surface area contributed by atoms with Gasteiger partial charge in [0, 0.05) is 41.0 Å². The van der Waals surface area contributed by atoms with E-state index in [1.54, 1.807) is 6.07 Å². The van der Waals surface area contributed by atoms with E-state index in [1.165, 1.54) is 21.9 Å². The van der Waals surface area contributed by atoms with Crippen molar-refractivity contribution in [1.29, 1.82) is 0 Å². The Labute approximate surface area is 240 Å². The van der Waals surface area contributed by atoms with E-state index in [0.717, 1.165) is 52.6 Å². The number of nitrogens with zero attached hydrogens (tertiary/aromatic N) is 4. The van der Waals surface area contributed by atoms with Crippen LogP contribution in [0.4, 0.5) is 4.39 Å². The molecule has 4 nitrogen and oxygen atoms in total. The molecular weight excluding hydrogens is 507 g/mol. The zero-order valence-electron chi connectivity index (χ0n) is 24.4. The predicted octanol–water partition coefficient (Wildman–Crippen LogP) is 7.23. The van der Waals surface area contributed by atoms with E-state index in [1.807, 2.05) is 6.07 Å². The third-order valence-electron chi connectivity index (χ3n) is 9.78. The summed E-state index contributed by atoms with van der Waals surface area (Å²) in [7, 11) is 0. The molecule has 41 heavy (non-hydrogen) atoms. The molecule has 2 aliphatic heterocycles. The van der Waals surface area contributed by atoms with Crippen molar-refractivity contribution < 1.29 is 13.5 Å². The Hall–Kier alpha value is -4.12. The maximum Gasteiger partial charge on any atom is 0.231 e. The highest BCUT2D eigenvalue weighted by Crippen LogP contribution is 2.55. The van der Waals surface area contributed by atoms with E-state index < -0.39 is 5.41 Å². The first-order valence-electron chi connectivity index (χ1n) is 14.7. The van der Waals surface area contributed by atoms with Crippen LogP contribution in [0.5, 0.6) is 0 Å². The van der Waals surface area contributed by atoms with Gasteiger partial charge in [0.1, 0.15) is 23.8 Å². The monoisotopic (exact) mass is 542 g/mol. The van der Waals surface area contributed by atoms with Crippen molar-refractivity contribution in [3.05, 3.63) is 108 Å². The van der Waals surface area contributed by atoms with E-state index in [9.17, 15) is 0 Å². The summed E-state index contributed by atoms with van der Waals surface area (Å²) >= 11 is 0. The molecule has 0 saturated heterocycles. The Bertz CT molecular complexity index is 1960. The van der Waals surface area contributed by atoms with Crippen molar-refractivity contribution in [3.63, 3.8) is 0 Å². The van der Waals surface area contributed by atoms with Crippen molar-refractivity contribution in [3.8, 4) is 22.6 Å². The lowest BCUT2D eigenvalue weighted by Gasteiger charge is -2.39. The third-order valence-corrected chi connectivity index (χ3v) is 9.78. The van der Waals surface area contributed by atoms with Crippen LogP contribution in [0.1, 0.15) is 75.4 Å². The average molecular weight is 543 g/mol. The number of aryl methyl sites for hydroxylation is 1. The van der Waals surface area contributed by atoms with Crippen LogP contribution in [-0.4, -0.2) is 9.78 Å². The SMILES string of the molecule is C=C1C2C(CC[n+]3ccccc3-c3cc(C(C)(C)C)nn31)c1ccc(F)c3c1-c1c4c(cccc4cc[n+]12)C3(C)C. The highest BCUT2D eigenvalue weighted by molar-refractivity contribution is 6.01. The zero-order chi connectivity index (χ0) is 28.4. The molecule has 2 unspecified atom stereocenters. The number of hydrogen-bond acceptors (Lipinski definition) is 1. The molecule has 0 N–H and O–H groups in total. The van der Waals surface area contributed by atoms with Crippen LogP contribution in [0, 0.1) is 5.82 Å². The Kier molecular flexibility index (Phi) is 4.81. The summed E-state index contributed by atoms with van der Waals surface area (Å²) in [5.41, 5.74) is 8.98. The number of benzene rings is 2. The van der Waals surface area contributed by atoms with Crippen molar-refractivity contribution in [2.45, 2.75) is 70.4 Å². The van der Waals surface area contributed by atoms with Gasteiger partial charge in [-0.05, 0) is 34.7 Å². The van der Waals surface area contributed by atoms with Gasteiger partial charge in [0.2, 0.25) is 17.4 Å². The molecule has 204 valence electrons. The fourth-order valence-electron chi connectivity index (χ4n) is 7.77. The van der Waals surface area contributed by atoms with E-state index in [2.05, 4.69) is 109 Å². The number of hydrogen-bond donors (Lipinski definition) is 0. The number of pyridine rings is 2. The highest BCUT2D eigenvalue weighted by atomic mass is 19.1. The Morgan fingerprint density at radius 3 is 2.66 bits per heavy atom. The molecule has 0 spiro atoms. The molecule has 5 heteroatoms. The van der Waals surface area contributed by atoms with E-state index in [4.69, 9.17) is 11.7 Å². The summed E-state index contributed by atoms with van der Waals surface area (Å²) in [5.74, 6) is -0.0299. The van der Waals surface area contributed by atoms with Crippen LogP contribution >= 0.6 is 0 Å². The van der Waals surface area contributed by atoms with Gasteiger partial charge < -0.3 is 0 Å². The fourth-order valence-corrected chi connectivity index (χ4v) is 7.77. The molecular formula is C36H35FN4+2. The topological polar surface area (TPSA) is 25.6 Å². The third kappa shape index (κ3) is 3.18. The average Bonchev–Trinajstić information content (AvgIpc) is 3.41. The summed E-state index contributed by atoms with van der Waals surface area (Å²) in [6.07, 6.45) is 5.26. The van der Waals surface area contributed by atoms with E-state index in [0.29, 0.717) is 0 Å². The normalized spacial score (nSPS) is 20.0. The van der Waals surface area contributed by atoms with Gasteiger partial charge in [-0.3, -0.25) is 0 Å². The zero-order valence-corrected chi connectivity index (χ0v) is 24.4. The molecule has 0 bridgehead atoms. The van der Waals surface area contributed by atoms with Gasteiger partial charge in [-0.15, -0.1) is 0 Å².